The molecule has 27 heavy (non-hydrogen) atoms. The Labute approximate surface area is 161 Å². The number of rotatable bonds is 8. The number of hydrogen-bond acceptors (Lipinski definition) is 4. The second kappa shape index (κ2) is 9.42. The van der Waals surface area contributed by atoms with Gasteiger partial charge < -0.3 is 14.8 Å². The Balaban J connectivity index is 1.56. The Morgan fingerprint density at radius 3 is 2.41 bits per heavy atom. The quantitative estimate of drug-likeness (QED) is 0.773. The van der Waals surface area contributed by atoms with E-state index in [-0.39, 0.29) is 5.91 Å². The Hall–Kier alpha value is -2.53. The summed E-state index contributed by atoms with van der Waals surface area (Å²) < 4.78 is 10.8. The standard InChI is InChI=1S/C22H28N2O3/c1-3-27-21-14-19(10-11-20(21)26-2)22(25)23-15-17-6-8-18(9-7-17)16-24-12-4-5-13-24/h6-11,14H,3-5,12-13,15-16H2,1-2H3,(H,23,25). The Morgan fingerprint density at radius 1 is 1.04 bits per heavy atom. The molecule has 144 valence electrons. The van der Waals surface area contributed by atoms with Crippen LogP contribution < -0.4 is 14.8 Å². The van der Waals surface area contributed by atoms with Crippen LogP contribution in [0.3, 0.4) is 0 Å². The van der Waals surface area contributed by atoms with Crippen LogP contribution in [0.4, 0.5) is 0 Å². The molecule has 1 aliphatic rings. The van der Waals surface area contributed by atoms with Crippen LogP contribution in [0.15, 0.2) is 42.5 Å². The minimum atomic E-state index is -0.125. The van der Waals surface area contributed by atoms with E-state index < -0.39 is 0 Å². The molecule has 0 unspecified atom stereocenters. The van der Waals surface area contributed by atoms with Crippen LogP contribution in [0.2, 0.25) is 0 Å². The average Bonchev–Trinajstić information content (AvgIpc) is 3.20. The van der Waals surface area contributed by atoms with Gasteiger partial charge in [-0.25, -0.2) is 0 Å². The molecule has 1 heterocycles. The van der Waals surface area contributed by atoms with Crippen molar-refractivity contribution in [2.45, 2.75) is 32.9 Å². The van der Waals surface area contributed by atoms with Crippen molar-refractivity contribution in [2.75, 3.05) is 26.8 Å². The van der Waals surface area contributed by atoms with Gasteiger partial charge in [-0.15, -0.1) is 0 Å². The van der Waals surface area contributed by atoms with Crippen LogP contribution in [0, 0.1) is 0 Å². The molecule has 1 fully saturated rings. The molecule has 2 aromatic rings. The first-order chi connectivity index (χ1) is 13.2. The van der Waals surface area contributed by atoms with Gasteiger partial charge in [-0.05, 0) is 62.2 Å². The molecule has 0 aliphatic carbocycles. The summed E-state index contributed by atoms with van der Waals surface area (Å²) in [7, 11) is 1.59. The molecule has 5 heteroatoms. The zero-order valence-corrected chi connectivity index (χ0v) is 16.2. The van der Waals surface area contributed by atoms with Crippen molar-refractivity contribution in [3.8, 4) is 11.5 Å². The minimum Gasteiger partial charge on any atom is -0.493 e. The lowest BCUT2D eigenvalue weighted by Crippen LogP contribution is -2.23. The summed E-state index contributed by atoms with van der Waals surface area (Å²) in [6.45, 7) is 6.33. The van der Waals surface area contributed by atoms with E-state index >= 15 is 0 Å². The van der Waals surface area contributed by atoms with Crippen LogP contribution in [-0.2, 0) is 13.1 Å². The maximum atomic E-state index is 12.5. The van der Waals surface area contributed by atoms with E-state index in [0.29, 0.717) is 30.2 Å². The molecular formula is C22H28N2O3. The first-order valence-electron chi connectivity index (χ1n) is 9.59. The van der Waals surface area contributed by atoms with E-state index in [1.807, 2.05) is 6.92 Å². The normalized spacial score (nSPS) is 14.1. The molecule has 0 atom stereocenters. The van der Waals surface area contributed by atoms with Gasteiger partial charge in [-0.1, -0.05) is 24.3 Å². The molecule has 0 saturated carbocycles. The van der Waals surface area contributed by atoms with E-state index in [1.165, 1.54) is 31.5 Å². The Morgan fingerprint density at radius 2 is 1.74 bits per heavy atom. The van der Waals surface area contributed by atoms with Gasteiger partial charge in [0.05, 0.1) is 13.7 Å². The summed E-state index contributed by atoms with van der Waals surface area (Å²) >= 11 is 0. The lowest BCUT2D eigenvalue weighted by Gasteiger charge is -2.15. The van der Waals surface area contributed by atoms with Crippen molar-refractivity contribution in [1.82, 2.24) is 10.2 Å². The highest BCUT2D eigenvalue weighted by Crippen LogP contribution is 2.28. The summed E-state index contributed by atoms with van der Waals surface area (Å²) in [6, 6.07) is 13.7. The Kier molecular flexibility index (Phi) is 6.71. The fraction of sp³-hybridized carbons (Fsp3) is 0.409. The van der Waals surface area contributed by atoms with Crippen LogP contribution in [0.1, 0.15) is 41.3 Å². The van der Waals surface area contributed by atoms with E-state index in [1.54, 1.807) is 25.3 Å². The van der Waals surface area contributed by atoms with Crippen LogP contribution in [0.5, 0.6) is 11.5 Å². The zero-order chi connectivity index (χ0) is 19.1. The number of benzene rings is 2. The summed E-state index contributed by atoms with van der Waals surface area (Å²) in [5, 5.41) is 2.97. The summed E-state index contributed by atoms with van der Waals surface area (Å²) in [5.41, 5.74) is 2.97. The SMILES string of the molecule is CCOc1cc(C(=O)NCc2ccc(CN3CCCC3)cc2)ccc1OC. The number of nitrogens with zero attached hydrogens (tertiary/aromatic N) is 1. The number of methoxy groups -OCH3 is 1. The monoisotopic (exact) mass is 368 g/mol. The second-order valence-electron chi connectivity index (χ2n) is 6.78. The average molecular weight is 368 g/mol. The molecule has 2 aromatic carbocycles. The van der Waals surface area contributed by atoms with Crippen LogP contribution in [-0.4, -0.2) is 37.6 Å². The van der Waals surface area contributed by atoms with E-state index in [9.17, 15) is 4.79 Å². The number of hydrogen-bond donors (Lipinski definition) is 1. The molecule has 1 N–H and O–H groups in total. The third kappa shape index (κ3) is 5.23. The van der Waals surface area contributed by atoms with Gasteiger partial charge in [-0.2, -0.15) is 0 Å². The number of carbonyl (C=O) groups excluding carboxylic acids is 1. The largest absolute Gasteiger partial charge is 0.493 e. The maximum absolute atomic E-state index is 12.5. The minimum absolute atomic E-state index is 0.125. The van der Waals surface area contributed by atoms with E-state index in [4.69, 9.17) is 9.47 Å². The molecule has 0 aromatic heterocycles. The Bertz CT molecular complexity index is 753. The lowest BCUT2D eigenvalue weighted by atomic mass is 10.1. The summed E-state index contributed by atoms with van der Waals surface area (Å²) in [4.78, 5) is 14.9. The third-order valence-corrected chi connectivity index (χ3v) is 4.81. The molecule has 1 saturated heterocycles. The second-order valence-corrected chi connectivity index (χ2v) is 6.78. The number of nitrogens with one attached hydrogen (secondary N) is 1. The van der Waals surface area contributed by atoms with Crippen molar-refractivity contribution in [3.05, 3.63) is 59.2 Å². The van der Waals surface area contributed by atoms with Crippen molar-refractivity contribution in [2.24, 2.45) is 0 Å². The highest BCUT2D eigenvalue weighted by atomic mass is 16.5. The third-order valence-electron chi connectivity index (χ3n) is 4.81. The van der Waals surface area contributed by atoms with Crippen LogP contribution >= 0.6 is 0 Å². The van der Waals surface area contributed by atoms with Gasteiger partial charge in [0.1, 0.15) is 0 Å². The topological polar surface area (TPSA) is 50.8 Å². The van der Waals surface area contributed by atoms with Crippen molar-refractivity contribution >= 4 is 5.91 Å². The number of amides is 1. The molecule has 3 rings (SSSR count). The fourth-order valence-electron chi connectivity index (χ4n) is 3.33. The highest BCUT2D eigenvalue weighted by molar-refractivity contribution is 5.94. The molecule has 1 aliphatic heterocycles. The molecule has 1 amide bonds. The van der Waals surface area contributed by atoms with Crippen molar-refractivity contribution in [3.63, 3.8) is 0 Å². The van der Waals surface area contributed by atoms with Gasteiger partial charge in [-0.3, -0.25) is 9.69 Å². The van der Waals surface area contributed by atoms with Gasteiger partial charge in [0.25, 0.3) is 5.91 Å². The van der Waals surface area contributed by atoms with E-state index in [2.05, 4.69) is 34.5 Å². The number of likely N-dealkylation sites (tertiary alicyclic amines) is 1. The first-order valence-corrected chi connectivity index (χ1v) is 9.59. The number of carbonyl (C=O) groups is 1. The van der Waals surface area contributed by atoms with Crippen LogP contribution in [0.25, 0.3) is 0 Å². The lowest BCUT2D eigenvalue weighted by molar-refractivity contribution is 0.0950. The predicted molar refractivity (Wildman–Crippen MR) is 106 cm³/mol. The molecule has 0 radical (unpaired) electrons. The smallest absolute Gasteiger partial charge is 0.251 e. The molecule has 0 bridgehead atoms. The molecular weight excluding hydrogens is 340 g/mol. The number of ether oxygens (including phenoxy) is 2. The maximum Gasteiger partial charge on any atom is 0.251 e. The zero-order valence-electron chi connectivity index (χ0n) is 16.2. The fourth-order valence-corrected chi connectivity index (χ4v) is 3.33. The van der Waals surface area contributed by atoms with Crippen molar-refractivity contribution in [1.29, 1.82) is 0 Å². The van der Waals surface area contributed by atoms with Gasteiger partial charge in [0, 0.05) is 18.7 Å². The summed E-state index contributed by atoms with van der Waals surface area (Å²) in [6.07, 6.45) is 2.61. The highest BCUT2D eigenvalue weighted by Gasteiger charge is 2.12. The first kappa shape index (κ1) is 19.2. The van der Waals surface area contributed by atoms with Gasteiger partial charge >= 0.3 is 0 Å². The summed E-state index contributed by atoms with van der Waals surface area (Å²) in [5.74, 6) is 1.08. The van der Waals surface area contributed by atoms with Crippen molar-refractivity contribution < 1.29 is 14.3 Å². The molecule has 0 spiro atoms. The predicted octanol–water partition coefficient (Wildman–Crippen LogP) is 3.62. The van der Waals surface area contributed by atoms with Gasteiger partial charge in [0.15, 0.2) is 11.5 Å². The van der Waals surface area contributed by atoms with E-state index in [0.717, 1.165) is 12.1 Å². The van der Waals surface area contributed by atoms with Gasteiger partial charge in [0.2, 0.25) is 0 Å². The molecule has 5 nitrogen and oxygen atoms in total.